The van der Waals surface area contributed by atoms with Gasteiger partial charge in [-0.2, -0.15) is 13.2 Å². The molecule has 1 N–H and O–H groups in total. The Bertz CT molecular complexity index is 1120. The van der Waals surface area contributed by atoms with Gasteiger partial charge in [0, 0.05) is 17.3 Å². The van der Waals surface area contributed by atoms with Crippen molar-refractivity contribution in [1.29, 1.82) is 0 Å². The number of ether oxygens (including phenoxy) is 3. The Morgan fingerprint density at radius 2 is 1.64 bits per heavy atom. The number of thioether (sulfide) groups is 1. The average molecular weight is 479 g/mol. The molecule has 174 valence electrons. The summed E-state index contributed by atoms with van der Waals surface area (Å²) in [6.45, 7) is 0. The first kappa shape index (κ1) is 24.2. The molecular weight excluding hydrogens is 459 g/mol. The lowest BCUT2D eigenvalue weighted by atomic mass is 10.1. The number of carbonyl (C=O) groups excluding carboxylic acids is 1. The molecule has 0 saturated heterocycles. The van der Waals surface area contributed by atoms with Crippen LogP contribution in [0.1, 0.15) is 5.69 Å². The van der Waals surface area contributed by atoms with Gasteiger partial charge in [0.25, 0.3) is 0 Å². The number of halogens is 3. The van der Waals surface area contributed by atoms with Crippen LogP contribution in [0.4, 0.5) is 18.9 Å². The Morgan fingerprint density at radius 3 is 2.24 bits per heavy atom. The molecule has 0 radical (unpaired) electrons. The Hall–Kier alpha value is -3.47. The Morgan fingerprint density at radius 1 is 0.939 bits per heavy atom. The second-order valence-corrected chi connectivity index (χ2v) is 7.50. The number of nitrogens with zero attached hydrogens (tertiary/aromatic N) is 2. The number of rotatable bonds is 8. The number of alkyl halides is 3. The molecule has 0 saturated carbocycles. The standard InChI is InChI=1S/C22H20F3N3O4S/c1-30-15-7-4-13(5-8-15)16-11-19(22(23,24)25)28-21(27-16)33-12-20(29)26-14-6-9-17(31-2)18(10-14)32-3/h4-11H,12H2,1-3H3,(H,26,29). The number of hydrogen-bond donors (Lipinski definition) is 1. The highest BCUT2D eigenvalue weighted by Gasteiger charge is 2.34. The van der Waals surface area contributed by atoms with Crippen molar-refractivity contribution in [3.63, 3.8) is 0 Å². The molecule has 0 atom stereocenters. The van der Waals surface area contributed by atoms with Crippen molar-refractivity contribution in [2.24, 2.45) is 0 Å². The first-order valence-corrected chi connectivity index (χ1v) is 10.5. The van der Waals surface area contributed by atoms with Crippen molar-refractivity contribution in [1.82, 2.24) is 9.97 Å². The molecule has 33 heavy (non-hydrogen) atoms. The van der Waals surface area contributed by atoms with Crippen molar-refractivity contribution in [3.8, 4) is 28.5 Å². The van der Waals surface area contributed by atoms with E-state index in [4.69, 9.17) is 14.2 Å². The largest absolute Gasteiger partial charge is 0.497 e. The highest BCUT2D eigenvalue weighted by Crippen LogP contribution is 2.33. The van der Waals surface area contributed by atoms with E-state index in [0.29, 0.717) is 28.5 Å². The number of hydrogen-bond acceptors (Lipinski definition) is 7. The number of nitrogens with one attached hydrogen (secondary N) is 1. The van der Waals surface area contributed by atoms with E-state index < -0.39 is 17.8 Å². The van der Waals surface area contributed by atoms with Gasteiger partial charge in [-0.25, -0.2) is 9.97 Å². The molecule has 0 aliphatic heterocycles. The van der Waals surface area contributed by atoms with Crippen LogP contribution in [0.5, 0.6) is 17.2 Å². The summed E-state index contributed by atoms with van der Waals surface area (Å²) in [7, 11) is 4.44. The van der Waals surface area contributed by atoms with Crippen LogP contribution in [0.15, 0.2) is 53.7 Å². The van der Waals surface area contributed by atoms with Crippen LogP contribution in [-0.2, 0) is 11.0 Å². The fourth-order valence-electron chi connectivity index (χ4n) is 2.79. The van der Waals surface area contributed by atoms with Crippen molar-refractivity contribution in [3.05, 3.63) is 54.2 Å². The average Bonchev–Trinajstić information content (AvgIpc) is 2.82. The number of carbonyl (C=O) groups is 1. The Balaban J connectivity index is 1.77. The molecular formula is C22H20F3N3O4S. The number of anilines is 1. The van der Waals surface area contributed by atoms with Crippen LogP contribution in [0.3, 0.4) is 0 Å². The fourth-order valence-corrected chi connectivity index (χ4v) is 3.44. The number of aromatic nitrogens is 2. The minimum atomic E-state index is -4.67. The van der Waals surface area contributed by atoms with Gasteiger partial charge in [0.1, 0.15) is 11.4 Å². The van der Waals surface area contributed by atoms with E-state index >= 15 is 0 Å². The molecule has 0 unspecified atom stereocenters. The molecule has 0 bridgehead atoms. The first-order valence-electron chi connectivity index (χ1n) is 9.49. The third kappa shape index (κ3) is 6.28. The summed E-state index contributed by atoms with van der Waals surface area (Å²) >= 11 is 0.797. The molecule has 7 nitrogen and oxygen atoms in total. The van der Waals surface area contributed by atoms with Gasteiger partial charge < -0.3 is 19.5 Å². The van der Waals surface area contributed by atoms with Crippen LogP contribution < -0.4 is 19.5 Å². The molecule has 0 aliphatic rings. The van der Waals surface area contributed by atoms with Crippen molar-refractivity contribution < 1.29 is 32.2 Å². The van der Waals surface area contributed by atoms with Gasteiger partial charge in [-0.05, 0) is 42.5 Å². The van der Waals surface area contributed by atoms with E-state index in [1.54, 1.807) is 42.5 Å². The summed E-state index contributed by atoms with van der Waals surface area (Å²) in [5.74, 6) is 0.837. The van der Waals surface area contributed by atoms with Gasteiger partial charge in [-0.3, -0.25) is 4.79 Å². The van der Waals surface area contributed by atoms with E-state index in [9.17, 15) is 18.0 Å². The lowest BCUT2D eigenvalue weighted by Crippen LogP contribution is -2.15. The van der Waals surface area contributed by atoms with Crippen molar-refractivity contribution >= 4 is 23.4 Å². The molecule has 0 spiro atoms. The Labute approximate surface area is 192 Å². The summed E-state index contributed by atoms with van der Waals surface area (Å²) in [6, 6.07) is 12.1. The molecule has 11 heteroatoms. The molecule has 3 rings (SSSR count). The van der Waals surface area contributed by atoms with E-state index in [0.717, 1.165) is 17.8 Å². The van der Waals surface area contributed by atoms with E-state index in [-0.39, 0.29) is 16.6 Å². The minimum Gasteiger partial charge on any atom is -0.497 e. The van der Waals surface area contributed by atoms with Gasteiger partial charge in [-0.1, -0.05) is 11.8 Å². The molecule has 3 aromatic rings. The highest BCUT2D eigenvalue weighted by molar-refractivity contribution is 7.99. The van der Waals surface area contributed by atoms with Crippen LogP contribution in [0.25, 0.3) is 11.3 Å². The molecule has 1 heterocycles. The summed E-state index contributed by atoms with van der Waals surface area (Å²) < 4.78 is 55.5. The van der Waals surface area contributed by atoms with Gasteiger partial charge in [-0.15, -0.1) is 0 Å². The lowest BCUT2D eigenvalue weighted by Gasteiger charge is -2.12. The van der Waals surface area contributed by atoms with Crippen LogP contribution in [-0.4, -0.2) is 43.0 Å². The zero-order valence-electron chi connectivity index (χ0n) is 17.9. The minimum absolute atomic E-state index is 0.0859. The maximum Gasteiger partial charge on any atom is 0.433 e. The van der Waals surface area contributed by atoms with Crippen molar-refractivity contribution in [2.75, 3.05) is 32.4 Å². The quantitative estimate of drug-likeness (QED) is 0.363. The molecule has 1 amide bonds. The number of benzene rings is 2. The van der Waals surface area contributed by atoms with Crippen LogP contribution >= 0.6 is 11.8 Å². The zero-order chi connectivity index (χ0) is 24.0. The topological polar surface area (TPSA) is 82.6 Å². The fraction of sp³-hybridized carbons (Fsp3) is 0.227. The predicted molar refractivity (Wildman–Crippen MR) is 118 cm³/mol. The summed E-state index contributed by atoms with van der Waals surface area (Å²) in [5, 5.41) is 2.49. The lowest BCUT2D eigenvalue weighted by molar-refractivity contribution is -0.141. The number of methoxy groups -OCH3 is 3. The van der Waals surface area contributed by atoms with E-state index in [1.807, 2.05) is 0 Å². The summed E-state index contributed by atoms with van der Waals surface area (Å²) in [5.41, 5.74) is -0.101. The smallest absolute Gasteiger partial charge is 0.433 e. The molecule has 2 aromatic carbocycles. The maximum atomic E-state index is 13.4. The summed E-state index contributed by atoms with van der Waals surface area (Å²) in [6.07, 6.45) is -4.67. The normalized spacial score (nSPS) is 11.1. The predicted octanol–water partition coefficient (Wildman–Crippen LogP) is 4.92. The third-order valence-corrected chi connectivity index (χ3v) is 5.23. The van der Waals surface area contributed by atoms with Gasteiger partial charge in [0.15, 0.2) is 16.7 Å². The van der Waals surface area contributed by atoms with E-state index in [2.05, 4.69) is 15.3 Å². The van der Waals surface area contributed by atoms with Crippen molar-refractivity contribution in [2.45, 2.75) is 11.3 Å². The molecule has 0 aliphatic carbocycles. The van der Waals surface area contributed by atoms with Gasteiger partial charge in [0.05, 0.1) is 32.8 Å². The molecule has 1 aromatic heterocycles. The van der Waals surface area contributed by atoms with E-state index in [1.165, 1.54) is 21.3 Å². The zero-order valence-corrected chi connectivity index (χ0v) is 18.7. The first-order chi connectivity index (χ1) is 15.7. The van der Waals surface area contributed by atoms with Gasteiger partial charge >= 0.3 is 6.18 Å². The third-order valence-electron chi connectivity index (χ3n) is 4.38. The SMILES string of the molecule is COc1ccc(-c2cc(C(F)(F)F)nc(SCC(=O)Nc3ccc(OC)c(OC)c3)n2)cc1. The van der Waals surface area contributed by atoms with Crippen LogP contribution in [0.2, 0.25) is 0 Å². The van der Waals surface area contributed by atoms with Gasteiger partial charge in [0.2, 0.25) is 5.91 Å². The monoisotopic (exact) mass is 479 g/mol. The van der Waals surface area contributed by atoms with Crippen LogP contribution in [0, 0.1) is 0 Å². The Kier molecular flexibility index (Phi) is 7.64. The second kappa shape index (κ2) is 10.4. The second-order valence-electron chi connectivity index (χ2n) is 6.55. The highest BCUT2D eigenvalue weighted by atomic mass is 32.2. The maximum absolute atomic E-state index is 13.4. The molecule has 0 fully saturated rings. The number of amides is 1. The summed E-state index contributed by atoms with van der Waals surface area (Å²) in [4.78, 5) is 20.1.